The molecule has 0 aromatic heterocycles. The van der Waals surface area contributed by atoms with E-state index in [9.17, 15) is 14.7 Å². The Hall–Kier alpha value is -1.88. The summed E-state index contributed by atoms with van der Waals surface area (Å²) in [5.74, 6) is -2.54. The van der Waals surface area contributed by atoms with E-state index in [1.165, 1.54) is 0 Å². The monoisotopic (exact) mass is 265 g/mol. The third-order valence-electron chi connectivity index (χ3n) is 3.19. The highest BCUT2D eigenvalue weighted by Gasteiger charge is 2.42. The smallest absolute Gasteiger partial charge is 0.357 e. The minimum atomic E-state index is -2.22. The van der Waals surface area contributed by atoms with E-state index >= 15 is 0 Å². The quantitative estimate of drug-likeness (QED) is 0.674. The Morgan fingerprint density at radius 1 is 1.32 bits per heavy atom. The molecule has 2 atom stereocenters. The highest BCUT2D eigenvalue weighted by Crippen LogP contribution is 2.18. The number of carbonyl (C=O) groups is 2. The molecule has 0 aliphatic carbocycles. The van der Waals surface area contributed by atoms with Gasteiger partial charge >= 0.3 is 5.97 Å². The second kappa shape index (κ2) is 6.33. The highest BCUT2D eigenvalue weighted by atomic mass is 16.4. The zero-order chi connectivity index (χ0) is 14.5. The van der Waals surface area contributed by atoms with Gasteiger partial charge in [0.25, 0.3) is 0 Å². The first-order valence-corrected chi connectivity index (χ1v) is 6.20. The van der Waals surface area contributed by atoms with Crippen LogP contribution in [0.15, 0.2) is 30.3 Å². The van der Waals surface area contributed by atoms with E-state index < -0.39 is 23.5 Å². The third kappa shape index (κ3) is 3.79. The van der Waals surface area contributed by atoms with Crippen LogP contribution in [0.4, 0.5) is 0 Å². The maximum atomic E-state index is 11.8. The lowest BCUT2D eigenvalue weighted by molar-refractivity contribution is -0.172. The minimum absolute atomic E-state index is 0.0346. The van der Waals surface area contributed by atoms with Gasteiger partial charge in [-0.15, -0.1) is 0 Å². The van der Waals surface area contributed by atoms with Crippen molar-refractivity contribution >= 4 is 11.9 Å². The van der Waals surface area contributed by atoms with Crippen LogP contribution in [0.1, 0.15) is 25.8 Å². The van der Waals surface area contributed by atoms with Crippen LogP contribution in [0.25, 0.3) is 0 Å². The minimum Gasteiger partial charge on any atom is -0.478 e. The first kappa shape index (κ1) is 15.2. The lowest BCUT2D eigenvalue weighted by Crippen LogP contribution is -2.59. The van der Waals surface area contributed by atoms with Crippen LogP contribution in [-0.4, -0.2) is 27.8 Å². The molecule has 5 nitrogen and oxygen atoms in total. The van der Waals surface area contributed by atoms with Gasteiger partial charge in [-0.1, -0.05) is 44.2 Å². The molecule has 0 spiro atoms. The second-order valence-electron chi connectivity index (χ2n) is 4.59. The van der Waals surface area contributed by atoms with E-state index in [2.05, 4.69) is 5.32 Å². The van der Waals surface area contributed by atoms with Gasteiger partial charge in [-0.25, -0.2) is 4.79 Å². The van der Waals surface area contributed by atoms with Crippen molar-refractivity contribution in [2.75, 3.05) is 0 Å². The molecule has 1 aromatic carbocycles. The number of benzene rings is 1. The molecule has 0 aliphatic heterocycles. The molecule has 1 amide bonds. The normalized spacial score (nSPS) is 15.3. The van der Waals surface area contributed by atoms with Crippen molar-refractivity contribution in [2.45, 2.75) is 32.4 Å². The largest absolute Gasteiger partial charge is 0.478 e. The molecule has 0 aliphatic rings. The van der Waals surface area contributed by atoms with Crippen LogP contribution in [0, 0.1) is 5.92 Å². The summed E-state index contributed by atoms with van der Waals surface area (Å²) in [6, 6.07) is 8.95. The lowest BCUT2D eigenvalue weighted by Gasteiger charge is -2.30. The molecule has 104 valence electrons. The standard InChI is InChI=1S/C14H19NO4/c1-3-10(2)14(19,13(17)18)15-12(16)9-11-7-5-4-6-8-11/h4-8,10,19H,3,9H2,1-2H3,(H,15,16)(H,17,18). The number of carboxylic acids is 1. The fraction of sp³-hybridized carbons (Fsp3) is 0.429. The summed E-state index contributed by atoms with van der Waals surface area (Å²) in [6.07, 6.45) is 0.473. The van der Waals surface area contributed by atoms with Gasteiger partial charge in [0.2, 0.25) is 11.6 Å². The van der Waals surface area contributed by atoms with Crippen LogP contribution in [0.3, 0.4) is 0 Å². The number of rotatable bonds is 6. The summed E-state index contributed by atoms with van der Waals surface area (Å²) in [6.45, 7) is 3.33. The van der Waals surface area contributed by atoms with Gasteiger partial charge in [0.1, 0.15) is 0 Å². The van der Waals surface area contributed by atoms with Crippen LogP contribution >= 0.6 is 0 Å². The molecule has 19 heavy (non-hydrogen) atoms. The van der Waals surface area contributed by atoms with E-state index in [0.29, 0.717) is 6.42 Å². The van der Waals surface area contributed by atoms with Gasteiger partial charge in [-0.05, 0) is 12.0 Å². The zero-order valence-corrected chi connectivity index (χ0v) is 11.1. The lowest BCUT2D eigenvalue weighted by atomic mass is 9.94. The molecule has 0 saturated heterocycles. The molecule has 0 bridgehead atoms. The topological polar surface area (TPSA) is 86.6 Å². The van der Waals surface area contributed by atoms with Crippen molar-refractivity contribution in [2.24, 2.45) is 5.92 Å². The number of carbonyl (C=O) groups excluding carboxylic acids is 1. The summed E-state index contributed by atoms with van der Waals surface area (Å²) >= 11 is 0. The SMILES string of the molecule is CCC(C)C(O)(NC(=O)Cc1ccccc1)C(=O)O. The van der Waals surface area contributed by atoms with E-state index in [1.807, 2.05) is 6.07 Å². The average molecular weight is 265 g/mol. The van der Waals surface area contributed by atoms with Crippen LogP contribution in [0.2, 0.25) is 0 Å². The predicted molar refractivity (Wildman–Crippen MR) is 70.3 cm³/mol. The number of hydrogen-bond donors (Lipinski definition) is 3. The molecular weight excluding hydrogens is 246 g/mol. The molecule has 0 radical (unpaired) electrons. The molecule has 0 fully saturated rings. The number of aliphatic carboxylic acids is 1. The molecule has 1 rings (SSSR count). The fourth-order valence-electron chi connectivity index (χ4n) is 1.72. The van der Waals surface area contributed by atoms with Gasteiger partial charge in [-0.2, -0.15) is 0 Å². The Balaban J connectivity index is 2.75. The van der Waals surface area contributed by atoms with Crippen molar-refractivity contribution in [1.29, 1.82) is 0 Å². The van der Waals surface area contributed by atoms with Crippen molar-refractivity contribution in [3.8, 4) is 0 Å². The maximum Gasteiger partial charge on any atom is 0.357 e. The summed E-state index contributed by atoms with van der Waals surface area (Å²) in [5, 5.41) is 21.4. The Morgan fingerprint density at radius 3 is 2.37 bits per heavy atom. The van der Waals surface area contributed by atoms with Crippen LogP contribution < -0.4 is 5.32 Å². The van der Waals surface area contributed by atoms with E-state index in [1.54, 1.807) is 38.1 Å². The molecule has 2 unspecified atom stereocenters. The number of aliphatic hydroxyl groups is 1. The van der Waals surface area contributed by atoms with Crippen LogP contribution in [0.5, 0.6) is 0 Å². The summed E-state index contributed by atoms with van der Waals surface area (Å²) in [5.41, 5.74) is -1.46. The highest BCUT2D eigenvalue weighted by molar-refractivity contribution is 5.86. The van der Waals surface area contributed by atoms with Crippen molar-refractivity contribution in [3.05, 3.63) is 35.9 Å². The first-order chi connectivity index (χ1) is 8.90. The third-order valence-corrected chi connectivity index (χ3v) is 3.19. The Bertz CT molecular complexity index is 446. The van der Waals surface area contributed by atoms with Crippen molar-refractivity contribution in [1.82, 2.24) is 5.32 Å². The van der Waals surface area contributed by atoms with Gasteiger partial charge < -0.3 is 15.5 Å². The number of hydrogen-bond acceptors (Lipinski definition) is 3. The predicted octanol–water partition coefficient (Wildman–Crippen LogP) is 1.16. The summed E-state index contributed by atoms with van der Waals surface area (Å²) in [7, 11) is 0. The van der Waals surface area contributed by atoms with Crippen molar-refractivity contribution < 1.29 is 19.8 Å². The number of nitrogens with one attached hydrogen (secondary N) is 1. The summed E-state index contributed by atoms with van der Waals surface area (Å²) < 4.78 is 0. The zero-order valence-electron chi connectivity index (χ0n) is 11.1. The first-order valence-electron chi connectivity index (χ1n) is 6.20. The Kier molecular flexibility index (Phi) is 5.06. The molecule has 1 aromatic rings. The van der Waals surface area contributed by atoms with Gasteiger partial charge in [0.05, 0.1) is 6.42 Å². The van der Waals surface area contributed by atoms with Gasteiger partial charge in [0.15, 0.2) is 0 Å². The molecule has 0 saturated carbocycles. The molecule has 3 N–H and O–H groups in total. The van der Waals surface area contributed by atoms with E-state index in [-0.39, 0.29) is 6.42 Å². The molecule has 5 heteroatoms. The second-order valence-corrected chi connectivity index (χ2v) is 4.59. The number of amides is 1. The Morgan fingerprint density at radius 2 is 1.89 bits per heavy atom. The average Bonchev–Trinajstić information content (AvgIpc) is 2.38. The Labute approximate surface area is 112 Å². The molecular formula is C14H19NO4. The van der Waals surface area contributed by atoms with Gasteiger partial charge in [0, 0.05) is 5.92 Å². The summed E-state index contributed by atoms with van der Waals surface area (Å²) in [4.78, 5) is 23.0. The van der Waals surface area contributed by atoms with Gasteiger partial charge in [-0.3, -0.25) is 4.79 Å². The fourth-order valence-corrected chi connectivity index (χ4v) is 1.72. The number of carboxylic acid groups (broad SMARTS) is 1. The van der Waals surface area contributed by atoms with Crippen LogP contribution in [-0.2, 0) is 16.0 Å². The van der Waals surface area contributed by atoms with Crippen molar-refractivity contribution in [3.63, 3.8) is 0 Å². The van der Waals surface area contributed by atoms with E-state index in [0.717, 1.165) is 5.56 Å². The van der Waals surface area contributed by atoms with E-state index in [4.69, 9.17) is 5.11 Å². The molecule has 0 heterocycles. The maximum absolute atomic E-state index is 11.8.